The fourth-order valence-corrected chi connectivity index (χ4v) is 8.26. The monoisotopic (exact) mass is 646 g/mol. The number of hydrogen-bond donors (Lipinski definition) is 0. The summed E-state index contributed by atoms with van der Waals surface area (Å²) < 4.78 is 4.99. The van der Waals surface area contributed by atoms with Gasteiger partial charge < -0.3 is 4.57 Å². The molecule has 0 aliphatic rings. The molecule has 0 atom stereocenters. The quantitative estimate of drug-likeness (QED) is 0.132. The van der Waals surface area contributed by atoms with Crippen LogP contribution in [0, 0.1) is 0 Å². The zero-order valence-corrected chi connectivity index (χ0v) is 27.4. The summed E-state index contributed by atoms with van der Waals surface area (Å²) in [7, 11) is 0. The molecular weight excluding hydrogens is 617 g/mol. The van der Waals surface area contributed by atoms with E-state index in [9.17, 15) is 0 Å². The van der Waals surface area contributed by atoms with Crippen molar-refractivity contribution in [3.8, 4) is 5.69 Å². The van der Waals surface area contributed by atoms with E-state index < -0.39 is 0 Å². The SMILES string of the molecule is C=N/C(=N\C(=N/Cc1ccccc1)c1ccccc1)c1cccc(-n2c3ccccc3c3c4ccccc4c4c5ccccc5sc4c32)c1. The predicted octanol–water partition coefficient (Wildman–Crippen LogP) is 11.4. The van der Waals surface area contributed by atoms with Gasteiger partial charge in [0, 0.05) is 43.1 Å². The number of rotatable bonds is 5. The van der Waals surface area contributed by atoms with E-state index in [-0.39, 0.29) is 0 Å². The number of fused-ring (bicyclic) bond motifs is 10. The van der Waals surface area contributed by atoms with Crippen LogP contribution in [0.1, 0.15) is 16.7 Å². The fraction of sp³-hybridized carbons (Fsp3) is 0.0227. The average Bonchev–Trinajstić information content (AvgIpc) is 3.73. The Labute approximate surface area is 287 Å². The van der Waals surface area contributed by atoms with Crippen LogP contribution in [0.5, 0.6) is 0 Å². The van der Waals surface area contributed by atoms with Crippen LogP contribution in [0.15, 0.2) is 173 Å². The van der Waals surface area contributed by atoms with Gasteiger partial charge in [-0.2, -0.15) is 0 Å². The molecule has 0 bridgehead atoms. The second-order valence-corrected chi connectivity index (χ2v) is 13.1. The molecule has 9 rings (SSSR count). The van der Waals surface area contributed by atoms with Crippen molar-refractivity contribution in [2.45, 2.75) is 6.54 Å². The first-order chi connectivity index (χ1) is 24.3. The molecule has 2 aromatic heterocycles. The van der Waals surface area contributed by atoms with Crippen LogP contribution in [-0.2, 0) is 6.54 Å². The Balaban J connectivity index is 1.28. The number of para-hydroxylation sites is 1. The van der Waals surface area contributed by atoms with Crippen molar-refractivity contribution in [2.24, 2.45) is 15.0 Å². The van der Waals surface area contributed by atoms with Crippen molar-refractivity contribution in [1.29, 1.82) is 0 Å². The normalized spacial score (nSPS) is 12.5. The minimum Gasteiger partial charge on any atom is -0.308 e. The highest BCUT2D eigenvalue weighted by Crippen LogP contribution is 2.47. The van der Waals surface area contributed by atoms with E-state index in [1.807, 2.05) is 59.9 Å². The maximum atomic E-state index is 5.05. The maximum Gasteiger partial charge on any atom is 0.161 e. The number of nitrogens with zero attached hydrogens (tertiary/aromatic N) is 4. The molecule has 0 aliphatic heterocycles. The lowest BCUT2D eigenvalue weighted by molar-refractivity contribution is 1.06. The first-order valence-electron chi connectivity index (χ1n) is 16.3. The van der Waals surface area contributed by atoms with Crippen LogP contribution in [0.2, 0.25) is 0 Å². The third-order valence-electron chi connectivity index (χ3n) is 9.16. The molecule has 49 heavy (non-hydrogen) atoms. The molecule has 0 unspecified atom stereocenters. The molecule has 0 amide bonds. The van der Waals surface area contributed by atoms with Gasteiger partial charge in [-0.25, -0.2) is 9.98 Å². The number of hydrogen-bond acceptors (Lipinski definition) is 2. The van der Waals surface area contributed by atoms with Gasteiger partial charge in [0.05, 0.1) is 22.3 Å². The lowest BCUT2D eigenvalue weighted by Crippen LogP contribution is -2.06. The highest BCUT2D eigenvalue weighted by atomic mass is 32.1. The molecule has 9 aromatic rings. The van der Waals surface area contributed by atoms with E-state index >= 15 is 0 Å². The average molecular weight is 647 g/mol. The molecule has 0 spiro atoms. The van der Waals surface area contributed by atoms with Gasteiger partial charge in [-0.1, -0.05) is 133 Å². The second kappa shape index (κ2) is 12.1. The Morgan fingerprint density at radius 1 is 0.571 bits per heavy atom. The molecule has 0 fully saturated rings. The summed E-state index contributed by atoms with van der Waals surface area (Å²) in [5.74, 6) is 1.14. The van der Waals surface area contributed by atoms with Crippen molar-refractivity contribution in [2.75, 3.05) is 0 Å². The van der Waals surface area contributed by atoms with Crippen molar-refractivity contribution in [1.82, 2.24) is 4.57 Å². The van der Waals surface area contributed by atoms with Crippen LogP contribution in [-0.4, -0.2) is 23.0 Å². The van der Waals surface area contributed by atoms with E-state index in [0.29, 0.717) is 18.2 Å². The van der Waals surface area contributed by atoms with Crippen molar-refractivity contribution < 1.29 is 0 Å². The van der Waals surface area contributed by atoms with Gasteiger partial charge in [0.15, 0.2) is 11.7 Å². The van der Waals surface area contributed by atoms with Crippen LogP contribution >= 0.6 is 11.3 Å². The number of thiophene rings is 1. The van der Waals surface area contributed by atoms with Gasteiger partial charge in [0.2, 0.25) is 0 Å². The van der Waals surface area contributed by atoms with Crippen LogP contribution in [0.25, 0.3) is 58.4 Å². The van der Waals surface area contributed by atoms with Gasteiger partial charge in [-0.3, -0.25) is 4.99 Å². The lowest BCUT2D eigenvalue weighted by atomic mass is 9.99. The molecular formula is C44H30N4S. The summed E-state index contributed by atoms with van der Waals surface area (Å²) in [6, 6.07) is 55.1. The molecule has 7 aromatic carbocycles. The van der Waals surface area contributed by atoms with Crippen molar-refractivity contribution in [3.63, 3.8) is 0 Å². The topological polar surface area (TPSA) is 42.0 Å². The predicted molar refractivity (Wildman–Crippen MR) is 210 cm³/mol. The Kier molecular flexibility index (Phi) is 7.18. The lowest BCUT2D eigenvalue weighted by Gasteiger charge is -2.12. The number of benzene rings is 7. The molecule has 4 nitrogen and oxygen atoms in total. The van der Waals surface area contributed by atoms with Crippen LogP contribution < -0.4 is 0 Å². The van der Waals surface area contributed by atoms with Crippen LogP contribution in [0.4, 0.5) is 0 Å². The van der Waals surface area contributed by atoms with Crippen molar-refractivity contribution in [3.05, 3.63) is 174 Å². The molecule has 0 saturated carbocycles. The molecule has 0 saturated heterocycles. The first kappa shape index (κ1) is 29.0. The number of aromatic nitrogens is 1. The van der Waals surface area contributed by atoms with Gasteiger partial charge in [0.1, 0.15) is 0 Å². The molecule has 232 valence electrons. The zero-order chi connectivity index (χ0) is 32.7. The van der Waals surface area contributed by atoms with Crippen molar-refractivity contribution >= 4 is 82.5 Å². The summed E-state index contributed by atoms with van der Waals surface area (Å²) in [4.78, 5) is 14.5. The van der Waals surface area contributed by atoms with E-state index in [1.165, 1.54) is 47.2 Å². The molecule has 5 heteroatoms. The third kappa shape index (κ3) is 4.95. The highest BCUT2D eigenvalue weighted by Gasteiger charge is 2.21. The standard InChI is InChI=1S/C44H30N4S/c1-45-43(47-44(30-17-6-3-7-18-30)46-28-29-15-4-2-5-16-29)31-19-14-20-32(27-31)48-37-25-12-10-23-35(37)39-33-21-8-9-22-34(33)40-36-24-11-13-26-38(36)49-42(40)41(39)48/h2-27H,1,28H2/b46-44-,47-43-. The summed E-state index contributed by atoms with van der Waals surface area (Å²) in [5, 5.41) is 7.64. The van der Waals surface area contributed by atoms with Crippen LogP contribution in [0.3, 0.4) is 0 Å². The van der Waals surface area contributed by atoms with Gasteiger partial charge in [0.25, 0.3) is 0 Å². The smallest absolute Gasteiger partial charge is 0.161 e. The Hall–Kier alpha value is -6.17. The first-order valence-corrected chi connectivity index (χ1v) is 17.2. The van der Waals surface area contributed by atoms with Gasteiger partial charge in [-0.15, -0.1) is 11.3 Å². The fourth-order valence-electron chi connectivity index (χ4n) is 7.00. The molecule has 0 aliphatic carbocycles. The Morgan fingerprint density at radius 3 is 1.98 bits per heavy atom. The number of aliphatic imine (C=N–C) groups is 3. The Bertz CT molecular complexity index is 2750. The number of amidine groups is 2. The second-order valence-electron chi connectivity index (χ2n) is 12.1. The van der Waals surface area contributed by atoms with E-state index in [0.717, 1.165) is 27.9 Å². The van der Waals surface area contributed by atoms with Gasteiger partial charge in [-0.05, 0) is 47.3 Å². The minimum absolute atomic E-state index is 0.513. The molecule has 2 heterocycles. The molecule has 0 N–H and O–H groups in total. The summed E-state index contributed by atoms with van der Waals surface area (Å²) in [5.41, 5.74) is 6.33. The van der Waals surface area contributed by atoms with E-state index in [4.69, 9.17) is 9.98 Å². The molecule has 0 radical (unpaired) electrons. The third-order valence-corrected chi connectivity index (χ3v) is 10.3. The largest absolute Gasteiger partial charge is 0.308 e. The maximum absolute atomic E-state index is 5.05. The minimum atomic E-state index is 0.513. The highest BCUT2D eigenvalue weighted by molar-refractivity contribution is 7.27. The Morgan fingerprint density at radius 2 is 1.20 bits per heavy atom. The summed E-state index contributed by atoms with van der Waals surface area (Å²) >= 11 is 1.87. The zero-order valence-electron chi connectivity index (χ0n) is 26.6. The van der Waals surface area contributed by atoms with E-state index in [2.05, 4.69) is 125 Å². The van der Waals surface area contributed by atoms with Gasteiger partial charge >= 0.3 is 0 Å². The summed E-state index contributed by atoms with van der Waals surface area (Å²) in [6.07, 6.45) is 0. The van der Waals surface area contributed by atoms with E-state index in [1.54, 1.807) is 0 Å². The summed E-state index contributed by atoms with van der Waals surface area (Å²) in [6.45, 7) is 4.47.